The highest BCUT2D eigenvalue weighted by molar-refractivity contribution is 6.34. The van der Waals surface area contributed by atoms with Crippen LogP contribution in [-0.4, -0.2) is 16.9 Å². The van der Waals surface area contributed by atoms with Gasteiger partial charge in [0.25, 0.3) is 11.8 Å². The van der Waals surface area contributed by atoms with Crippen LogP contribution in [0.3, 0.4) is 0 Å². The monoisotopic (exact) mass is 267 g/mol. The Morgan fingerprint density at radius 3 is 2.30 bits per heavy atom. The molecule has 0 aliphatic carbocycles. The van der Waals surface area contributed by atoms with Gasteiger partial charge in [0.05, 0.1) is 16.8 Å². The van der Waals surface area contributed by atoms with Gasteiger partial charge in [0, 0.05) is 0 Å². The van der Waals surface area contributed by atoms with Gasteiger partial charge in [-0.2, -0.15) is 0 Å². The summed E-state index contributed by atoms with van der Waals surface area (Å²) in [5.74, 6) is -0.528. The first-order chi connectivity index (χ1) is 9.49. The average molecular weight is 267 g/mol. The summed E-state index contributed by atoms with van der Waals surface area (Å²) in [5.41, 5.74) is 2.98. The van der Waals surface area contributed by atoms with E-state index < -0.39 is 0 Å². The van der Waals surface area contributed by atoms with Crippen LogP contribution in [0, 0.1) is 13.8 Å². The van der Waals surface area contributed by atoms with Crippen LogP contribution in [0.5, 0.6) is 5.75 Å². The van der Waals surface area contributed by atoms with E-state index in [1.165, 1.54) is 17.0 Å². The molecule has 0 spiro atoms. The molecule has 4 heteroatoms. The largest absolute Gasteiger partial charge is 0.508 e. The van der Waals surface area contributed by atoms with Crippen molar-refractivity contribution in [1.29, 1.82) is 0 Å². The maximum absolute atomic E-state index is 12.4. The first kappa shape index (κ1) is 12.4. The summed E-state index contributed by atoms with van der Waals surface area (Å²) < 4.78 is 0. The summed E-state index contributed by atoms with van der Waals surface area (Å²) in [6.45, 7) is 3.64. The maximum Gasteiger partial charge on any atom is 0.266 e. The van der Waals surface area contributed by atoms with Crippen LogP contribution in [-0.2, 0) is 0 Å². The zero-order valence-corrected chi connectivity index (χ0v) is 11.2. The molecule has 0 bridgehead atoms. The molecule has 0 atom stereocenters. The van der Waals surface area contributed by atoms with Crippen molar-refractivity contribution in [2.75, 3.05) is 4.90 Å². The number of aryl methyl sites for hydroxylation is 2. The first-order valence-electron chi connectivity index (χ1n) is 6.28. The molecule has 4 nitrogen and oxygen atoms in total. The molecule has 0 fully saturated rings. The number of rotatable bonds is 1. The highest BCUT2D eigenvalue weighted by Crippen LogP contribution is 2.32. The fourth-order valence-corrected chi connectivity index (χ4v) is 2.46. The Morgan fingerprint density at radius 1 is 0.900 bits per heavy atom. The summed E-state index contributed by atoms with van der Waals surface area (Å²) >= 11 is 0. The molecule has 20 heavy (non-hydrogen) atoms. The molecule has 0 aromatic heterocycles. The summed E-state index contributed by atoms with van der Waals surface area (Å²) in [4.78, 5) is 26.0. The zero-order valence-electron chi connectivity index (χ0n) is 11.2. The lowest BCUT2D eigenvalue weighted by molar-refractivity contribution is 0.0926. The number of amides is 2. The van der Waals surface area contributed by atoms with Crippen LogP contribution < -0.4 is 4.90 Å². The van der Waals surface area contributed by atoms with E-state index in [9.17, 15) is 14.7 Å². The number of hydrogen-bond donors (Lipinski definition) is 1. The molecule has 3 rings (SSSR count). The van der Waals surface area contributed by atoms with Gasteiger partial charge in [0.2, 0.25) is 0 Å². The second-order valence-electron chi connectivity index (χ2n) is 4.97. The van der Waals surface area contributed by atoms with Gasteiger partial charge < -0.3 is 5.11 Å². The van der Waals surface area contributed by atoms with Crippen molar-refractivity contribution in [3.8, 4) is 5.75 Å². The fourth-order valence-electron chi connectivity index (χ4n) is 2.46. The summed E-state index contributed by atoms with van der Waals surface area (Å²) in [6, 6.07) is 9.81. The molecule has 0 unspecified atom stereocenters. The Hall–Kier alpha value is -2.62. The van der Waals surface area contributed by atoms with E-state index in [2.05, 4.69) is 0 Å². The molecule has 1 aliphatic rings. The number of carbonyl (C=O) groups is 2. The van der Waals surface area contributed by atoms with Gasteiger partial charge in [-0.15, -0.1) is 0 Å². The van der Waals surface area contributed by atoms with Crippen molar-refractivity contribution >= 4 is 17.5 Å². The Bertz CT molecular complexity index is 749. The predicted octanol–water partition coefficient (Wildman–Crippen LogP) is 2.81. The summed E-state index contributed by atoms with van der Waals surface area (Å²) in [5, 5.41) is 9.43. The van der Waals surface area contributed by atoms with E-state index in [0.29, 0.717) is 22.4 Å². The van der Waals surface area contributed by atoms with Crippen molar-refractivity contribution in [2.45, 2.75) is 13.8 Å². The predicted molar refractivity (Wildman–Crippen MR) is 75.2 cm³/mol. The number of nitrogens with zero attached hydrogens (tertiary/aromatic N) is 1. The number of anilines is 1. The number of phenolic OH excluding ortho intramolecular Hbond substituents is 1. The van der Waals surface area contributed by atoms with Crippen LogP contribution >= 0.6 is 0 Å². The number of fused-ring (bicyclic) bond motifs is 1. The van der Waals surface area contributed by atoms with E-state index in [-0.39, 0.29) is 17.6 Å². The van der Waals surface area contributed by atoms with E-state index in [0.717, 1.165) is 5.56 Å². The van der Waals surface area contributed by atoms with E-state index in [1.807, 2.05) is 13.0 Å². The highest BCUT2D eigenvalue weighted by Gasteiger charge is 2.37. The minimum Gasteiger partial charge on any atom is -0.508 e. The number of aromatic hydroxyl groups is 1. The molecule has 1 heterocycles. The van der Waals surface area contributed by atoms with E-state index in [4.69, 9.17) is 0 Å². The lowest BCUT2D eigenvalue weighted by Crippen LogP contribution is -2.29. The van der Waals surface area contributed by atoms with Gasteiger partial charge in [-0.05, 0) is 49.7 Å². The number of phenols is 1. The van der Waals surface area contributed by atoms with Gasteiger partial charge in [-0.3, -0.25) is 9.59 Å². The van der Waals surface area contributed by atoms with Crippen molar-refractivity contribution in [2.24, 2.45) is 0 Å². The molecular weight excluding hydrogens is 254 g/mol. The van der Waals surface area contributed by atoms with Crippen molar-refractivity contribution in [3.63, 3.8) is 0 Å². The second kappa shape index (κ2) is 4.20. The molecule has 0 saturated heterocycles. The smallest absolute Gasteiger partial charge is 0.266 e. The highest BCUT2D eigenvalue weighted by atomic mass is 16.3. The maximum atomic E-state index is 12.4. The third kappa shape index (κ3) is 1.69. The van der Waals surface area contributed by atoms with Crippen LogP contribution in [0.2, 0.25) is 0 Å². The average Bonchev–Trinajstić information content (AvgIpc) is 2.63. The van der Waals surface area contributed by atoms with Crippen LogP contribution in [0.4, 0.5) is 5.69 Å². The molecular formula is C16H13NO3. The van der Waals surface area contributed by atoms with Crippen LogP contribution in [0.1, 0.15) is 31.8 Å². The third-order valence-electron chi connectivity index (χ3n) is 3.46. The van der Waals surface area contributed by atoms with Crippen molar-refractivity contribution < 1.29 is 14.7 Å². The lowest BCUT2D eigenvalue weighted by atomic mass is 10.1. The number of carbonyl (C=O) groups excluding carboxylic acids is 2. The molecule has 2 aromatic carbocycles. The Morgan fingerprint density at radius 2 is 1.60 bits per heavy atom. The normalized spacial score (nSPS) is 13.8. The lowest BCUT2D eigenvalue weighted by Gasteiger charge is -2.16. The Labute approximate surface area is 116 Å². The van der Waals surface area contributed by atoms with Crippen LogP contribution in [0.25, 0.3) is 0 Å². The summed E-state index contributed by atoms with van der Waals surface area (Å²) in [7, 11) is 0. The molecule has 2 aromatic rings. The number of hydrogen-bond acceptors (Lipinski definition) is 3. The molecule has 1 aliphatic heterocycles. The minimum atomic E-state index is -0.321. The number of benzene rings is 2. The van der Waals surface area contributed by atoms with Gasteiger partial charge in [-0.25, -0.2) is 4.90 Å². The molecule has 2 amide bonds. The molecule has 1 N–H and O–H groups in total. The molecule has 100 valence electrons. The summed E-state index contributed by atoms with van der Waals surface area (Å²) in [6.07, 6.45) is 0. The van der Waals surface area contributed by atoms with Gasteiger partial charge in [0.1, 0.15) is 5.75 Å². The Kier molecular flexibility index (Phi) is 2.61. The topological polar surface area (TPSA) is 57.6 Å². The quantitative estimate of drug-likeness (QED) is 0.808. The number of imide groups is 1. The minimum absolute atomic E-state index is 0.110. The first-order valence-corrected chi connectivity index (χ1v) is 6.28. The zero-order chi connectivity index (χ0) is 14.4. The van der Waals surface area contributed by atoms with E-state index >= 15 is 0 Å². The van der Waals surface area contributed by atoms with E-state index in [1.54, 1.807) is 25.1 Å². The van der Waals surface area contributed by atoms with Crippen molar-refractivity contribution in [1.82, 2.24) is 0 Å². The van der Waals surface area contributed by atoms with Crippen LogP contribution in [0.15, 0.2) is 36.4 Å². The van der Waals surface area contributed by atoms with Gasteiger partial charge in [0.15, 0.2) is 0 Å². The van der Waals surface area contributed by atoms with Gasteiger partial charge in [-0.1, -0.05) is 11.6 Å². The molecule has 0 radical (unpaired) electrons. The fraction of sp³-hybridized carbons (Fsp3) is 0.125. The standard InChI is InChI=1S/C16H13NO3/c1-9-3-5-12-13(7-9)16(20)17(15(12)19)14-6-4-11(18)8-10(14)2/h3-8,18H,1-2H3. The second-order valence-corrected chi connectivity index (χ2v) is 4.97. The molecule has 0 saturated carbocycles. The third-order valence-corrected chi connectivity index (χ3v) is 3.46. The van der Waals surface area contributed by atoms with Crippen molar-refractivity contribution in [3.05, 3.63) is 58.7 Å². The Balaban J connectivity index is 2.14. The van der Waals surface area contributed by atoms with Gasteiger partial charge >= 0.3 is 0 Å². The SMILES string of the molecule is Cc1ccc2c(c1)C(=O)N(c1ccc(O)cc1C)C2=O.